The van der Waals surface area contributed by atoms with E-state index >= 15 is 0 Å². The molecule has 0 radical (unpaired) electrons. The molecule has 2 N–H and O–H groups in total. The molecule has 0 bridgehead atoms. The predicted octanol–water partition coefficient (Wildman–Crippen LogP) is 2.75. The van der Waals surface area contributed by atoms with Crippen molar-refractivity contribution in [1.29, 1.82) is 0 Å². The Bertz CT molecular complexity index is 536. The van der Waals surface area contributed by atoms with Crippen LogP contribution in [0.5, 0.6) is 0 Å². The fourth-order valence-electron chi connectivity index (χ4n) is 1.63. The number of anilines is 1. The van der Waals surface area contributed by atoms with Crippen LogP contribution in [0, 0.1) is 5.92 Å². The van der Waals surface area contributed by atoms with Crippen molar-refractivity contribution < 1.29 is 27.9 Å². The average Bonchev–Trinajstić information content (AvgIpc) is 3.11. The van der Waals surface area contributed by atoms with E-state index in [1.54, 1.807) is 0 Å². The first-order valence-electron chi connectivity index (χ1n) is 5.54. The topological polar surface area (TPSA) is 66.4 Å². The molecule has 0 aliphatic heterocycles. The van der Waals surface area contributed by atoms with Gasteiger partial charge in [0, 0.05) is 11.6 Å². The molecule has 102 valence electrons. The van der Waals surface area contributed by atoms with E-state index in [9.17, 15) is 22.8 Å². The van der Waals surface area contributed by atoms with E-state index in [4.69, 9.17) is 5.11 Å². The van der Waals surface area contributed by atoms with E-state index in [1.807, 2.05) is 0 Å². The number of carboxylic acids is 1. The van der Waals surface area contributed by atoms with Crippen molar-refractivity contribution in [3.63, 3.8) is 0 Å². The van der Waals surface area contributed by atoms with Gasteiger partial charge in [0.2, 0.25) is 5.91 Å². The number of aromatic carboxylic acids is 1. The number of carbonyl (C=O) groups excluding carboxylic acids is 1. The first-order chi connectivity index (χ1) is 8.79. The molecular weight excluding hydrogens is 263 g/mol. The Morgan fingerprint density at radius 1 is 1.26 bits per heavy atom. The lowest BCUT2D eigenvalue weighted by Crippen LogP contribution is -2.16. The maximum absolute atomic E-state index is 12.7. The fraction of sp³-hybridized carbons (Fsp3) is 0.333. The van der Waals surface area contributed by atoms with Gasteiger partial charge in [-0.25, -0.2) is 4.79 Å². The van der Waals surface area contributed by atoms with Crippen LogP contribution in [0.1, 0.15) is 28.8 Å². The highest BCUT2D eigenvalue weighted by Gasteiger charge is 2.36. The second-order valence-corrected chi connectivity index (χ2v) is 4.33. The number of hydrogen-bond acceptors (Lipinski definition) is 2. The quantitative estimate of drug-likeness (QED) is 0.889. The Labute approximate surface area is 106 Å². The SMILES string of the molecule is O=C(O)c1ccc(NC(=O)C2CC2)cc1C(F)(F)F. The summed E-state index contributed by atoms with van der Waals surface area (Å²) < 4.78 is 38.2. The first kappa shape index (κ1) is 13.4. The molecule has 0 heterocycles. The third-order valence-electron chi connectivity index (χ3n) is 2.77. The summed E-state index contributed by atoms with van der Waals surface area (Å²) in [6, 6.07) is 2.64. The van der Waals surface area contributed by atoms with Gasteiger partial charge in [0.1, 0.15) is 0 Å². The fourth-order valence-corrected chi connectivity index (χ4v) is 1.63. The molecule has 0 unspecified atom stereocenters. The summed E-state index contributed by atoms with van der Waals surface area (Å²) in [7, 11) is 0. The third kappa shape index (κ3) is 3.04. The molecule has 0 saturated heterocycles. The Morgan fingerprint density at radius 3 is 2.37 bits per heavy atom. The van der Waals surface area contributed by atoms with Crippen molar-refractivity contribution in [3.05, 3.63) is 29.3 Å². The summed E-state index contributed by atoms with van der Waals surface area (Å²) >= 11 is 0. The molecule has 1 aromatic rings. The normalized spacial score (nSPS) is 15.1. The largest absolute Gasteiger partial charge is 0.478 e. The molecule has 1 saturated carbocycles. The van der Waals surface area contributed by atoms with Crippen LogP contribution in [-0.4, -0.2) is 17.0 Å². The van der Waals surface area contributed by atoms with E-state index in [2.05, 4.69) is 5.32 Å². The summed E-state index contributed by atoms with van der Waals surface area (Å²) in [6.07, 6.45) is -3.33. The van der Waals surface area contributed by atoms with E-state index in [0.29, 0.717) is 6.07 Å². The van der Waals surface area contributed by atoms with Crippen LogP contribution in [0.2, 0.25) is 0 Å². The monoisotopic (exact) mass is 273 g/mol. The molecule has 2 rings (SSSR count). The Balaban J connectivity index is 2.32. The van der Waals surface area contributed by atoms with Gasteiger partial charge in [0.15, 0.2) is 0 Å². The minimum Gasteiger partial charge on any atom is -0.478 e. The Morgan fingerprint density at radius 2 is 1.89 bits per heavy atom. The van der Waals surface area contributed by atoms with Gasteiger partial charge in [0.05, 0.1) is 11.1 Å². The minimum atomic E-state index is -4.78. The van der Waals surface area contributed by atoms with Crippen LogP contribution in [0.25, 0.3) is 0 Å². The van der Waals surface area contributed by atoms with Crippen molar-refractivity contribution in [1.82, 2.24) is 0 Å². The number of amides is 1. The molecule has 0 spiro atoms. The van der Waals surface area contributed by atoms with E-state index in [-0.39, 0.29) is 17.5 Å². The highest BCUT2D eigenvalue weighted by Crippen LogP contribution is 2.35. The van der Waals surface area contributed by atoms with Crippen LogP contribution in [0.4, 0.5) is 18.9 Å². The van der Waals surface area contributed by atoms with Crippen LogP contribution in [0.3, 0.4) is 0 Å². The zero-order valence-electron chi connectivity index (χ0n) is 9.62. The van der Waals surface area contributed by atoms with E-state index in [0.717, 1.165) is 25.0 Å². The van der Waals surface area contributed by atoms with Crippen molar-refractivity contribution in [2.75, 3.05) is 5.32 Å². The molecule has 0 atom stereocenters. The molecule has 0 aromatic heterocycles. The van der Waals surface area contributed by atoms with E-state index in [1.165, 1.54) is 0 Å². The standard InChI is InChI=1S/C12H10F3NO3/c13-12(14,15)9-5-7(3-4-8(9)11(18)19)16-10(17)6-1-2-6/h3-6H,1-2H2,(H,16,17)(H,18,19). The van der Waals surface area contributed by atoms with Crippen molar-refractivity contribution >= 4 is 17.6 Å². The average molecular weight is 273 g/mol. The predicted molar refractivity (Wildman–Crippen MR) is 59.8 cm³/mol. The van der Waals surface area contributed by atoms with Gasteiger partial charge >= 0.3 is 12.1 Å². The summed E-state index contributed by atoms with van der Waals surface area (Å²) in [5, 5.41) is 11.1. The summed E-state index contributed by atoms with van der Waals surface area (Å²) in [5.74, 6) is -2.14. The number of benzene rings is 1. The van der Waals surface area contributed by atoms with Gasteiger partial charge < -0.3 is 10.4 Å². The van der Waals surface area contributed by atoms with Crippen LogP contribution >= 0.6 is 0 Å². The van der Waals surface area contributed by atoms with Crippen molar-refractivity contribution in [3.8, 4) is 0 Å². The highest BCUT2D eigenvalue weighted by molar-refractivity contribution is 5.95. The van der Waals surface area contributed by atoms with Gasteiger partial charge in [-0.3, -0.25) is 4.79 Å². The molecule has 1 aliphatic rings. The van der Waals surface area contributed by atoms with Crippen LogP contribution < -0.4 is 5.32 Å². The summed E-state index contributed by atoms with van der Waals surface area (Å²) in [5.41, 5.74) is -2.15. The highest BCUT2D eigenvalue weighted by atomic mass is 19.4. The number of halogens is 3. The third-order valence-corrected chi connectivity index (χ3v) is 2.77. The van der Waals surface area contributed by atoms with Gasteiger partial charge in [-0.05, 0) is 31.0 Å². The minimum absolute atomic E-state index is 0.0470. The van der Waals surface area contributed by atoms with Crippen molar-refractivity contribution in [2.45, 2.75) is 19.0 Å². The first-order valence-corrected chi connectivity index (χ1v) is 5.54. The Kier molecular flexibility index (Phi) is 3.21. The smallest absolute Gasteiger partial charge is 0.417 e. The number of carboxylic acid groups (broad SMARTS) is 1. The lowest BCUT2D eigenvalue weighted by molar-refractivity contribution is -0.138. The van der Waals surface area contributed by atoms with Crippen LogP contribution in [-0.2, 0) is 11.0 Å². The van der Waals surface area contributed by atoms with Gasteiger partial charge in [0.25, 0.3) is 0 Å². The molecular formula is C12H10F3NO3. The summed E-state index contributed by atoms with van der Waals surface area (Å²) in [6.45, 7) is 0. The molecule has 7 heteroatoms. The van der Waals surface area contributed by atoms with Gasteiger partial charge in [-0.15, -0.1) is 0 Å². The zero-order chi connectivity index (χ0) is 14.2. The number of alkyl halides is 3. The van der Waals surface area contributed by atoms with Gasteiger partial charge in [-0.1, -0.05) is 0 Å². The zero-order valence-corrected chi connectivity index (χ0v) is 9.62. The molecule has 1 aromatic carbocycles. The Hall–Kier alpha value is -2.05. The second kappa shape index (κ2) is 4.56. The number of carbonyl (C=O) groups is 2. The molecule has 19 heavy (non-hydrogen) atoms. The molecule has 1 amide bonds. The number of hydrogen-bond donors (Lipinski definition) is 2. The number of rotatable bonds is 3. The molecule has 4 nitrogen and oxygen atoms in total. The molecule has 1 fully saturated rings. The second-order valence-electron chi connectivity index (χ2n) is 4.33. The van der Waals surface area contributed by atoms with Crippen molar-refractivity contribution in [2.24, 2.45) is 5.92 Å². The molecule has 1 aliphatic carbocycles. The number of nitrogens with one attached hydrogen (secondary N) is 1. The van der Waals surface area contributed by atoms with E-state index < -0.39 is 23.3 Å². The lowest BCUT2D eigenvalue weighted by atomic mass is 10.1. The lowest BCUT2D eigenvalue weighted by Gasteiger charge is -2.12. The maximum Gasteiger partial charge on any atom is 0.417 e. The van der Waals surface area contributed by atoms with Crippen LogP contribution in [0.15, 0.2) is 18.2 Å². The van der Waals surface area contributed by atoms with Gasteiger partial charge in [-0.2, -0.15) is 13.2 Å². The maximum atomic E-state index is 12.7. The summed E-state index contributed by atoms with van der Waals surface area (Å²) in [4.78, 5) is 22.2.